The number of nitrogens with one attached hydrogen (secondary N) is 3. The molecule has 0 saturated heterocycles. The molecule has 0 aliphatic rings. The van der Waals surface area contributed by atoms with Crippen molar-refractivity contribution in [3.05, 3.63) is 72.1 Å². The van der Waals surface area contributed by atoms with Crippen LogP contribution in [0.3, 0.4) is 0 Å². The van der Waals surface area contributed by atoms with Gasteiger partial charge in [0.1, 0.15) is 18.1 Å². The van der Waals surface area contributed by atoms with Crippen LogP contribution >= 0.6 is 0 Å². The normalized spacial score (nSPS) is 11.5. The Kier molecular flexibility index (Phi) is 6.70. The lowest BCUT2D eigenvalue weighted by molar-refractivity contribution is 0.240. The van der Waals surface area contributed by atoms with Crippen molar-refractivity contribution in [2.45, 2.75) is 26.3 Å². The Bertz CT molecular complexity index is 1260. The summed E-state index contributed by atoms with van der Waals surface area (Å²) in [6, 6.07) is 12.0. The molecule has 166 valence electrons. The van der Waals surface area contributed by atoms with Crippen molar-refractivity contribution >= 4 is 11.7 Å². The van der Waals surface area contributed by atoms with E-state index in [0.29, 0.717) is 29.5 Å². The van der Waals surface area contributed by atoms with E-state index in [2.05, 4.69) is 52.8 Å². The van der Waals surface area contributed by atoms with Gasteiger partial charge in [0.15, 0.2) is 5.82 Å². The smallest absolute Gasteiger partial charge is 0.319 e. The number of urea groups is 1. The van der Waals surface area contributed by atoms with Crippen LogP contribution in [0.5, 0.6) is 0 Å². The van der Waals surface area contributed by atoms with Gasteiger partial charge in [-0.05, 0) is 48.6 Å². The van der Waals surface area contributed by atoms with Gasteiger partial charge in [0.2, 0.25) is 11.7 Å². The number of rotatable bonds is 6. The number of aromatic amines is 1. The minimum atomic E-state index is -0.471. The number of H-pyrrole nitrogens is 1. The van der Waals surface area contributed by atoms with Gasteiger partial charge < -0.3 is 15.2 Å². The summed E-state index contributed by atoms with van der Waals surface area (Å²) in [6.45, 7) is 4.09. The zero-order valence-corrected chi connectivity index (χ0v) is 18.1. The summed E-state index contributed by atoms with van der Waals surface area (Å²) in [5.41, 5.74) is 2.04. The molecule has 4 aromatic rings. The third kappa shape index (κ3) is 6.01. The quantitative estimate of drug-likeness (QED) is 0.389. The van der Waals surface area contributed by atoms with Crippen molar-refractivity contribution in [2.24, 2.45) is 5.92 Å². The molecule has 0 saturated carbocycles. The molecule has 0 fully saturated rings. The molecule has 33 heavy (non-hydrogen) atoms. The lowest BCUT2D eigenvalue weighted by atomic mass is 10.0. The molecule has 0 bridgehead atoms. The summed E-state index contributed by atoms with van der Waals surface area (Å²) >= 11 is 0. The summed E-state index contributed by atoms with van der Waals surface area (Å²) in [5.74, 6) is 7.29. The summed E-state index contributed by atoms with van der Waals surface area (Å²) in [6.07, 6.45) is 3.66. The van der Waals surface area contributed by atoms with Gasteiger partial charge in [-0.1, -0.05) is 37.1 Å². The number of carbonyl (C=O) groups excluding carboxylic acids is 1. The van der Waals surface area contributed by atoms with Crippen molar-refractivity contribution in [3.63, 3.8) is 0 Å². The molecule has 0 aliphatic carbocycles. The van der Waals surface area contributed by atoms with Crippen molar-refractivity contribution in [3.8, 4) is 23.5 Å². The maximum absolute atomic E-state index is 12.7. The molecular formula is C23H22N8O2. The highest BCUT2D eigenvalue weighted by Crippen LogP contribution is 2.22. The van der Waals surface area contributed by atoms with E-state index >= 15 is 0 Å². The first kappa shape index (κ1) is 21.7. The van der Waals surface area contributed by atoms with Crippen LogP contribution in [0.15, 0.2) is 59.5 Å². The van der Waals surface area contributed by atoms with E-state index in [9.17, 15) is 4.79 Å². The number of hydrogen-bond donors (Lipinski definition) is 3. The Morgan fingerprint density at radius 2 is 2.06 bits per heavy atom. The predicted molar refractivity (Wildman–Crippen MR) is 121 cm³/mol. The van der Waals surface area contributed by atoms with Gasteiger partial charge in [-0.3, -0.25) is 5.10 Å². The van der Waals surface area contributed by atoms with Gasteiger partial charge in [-0.25, -0.2) is 14.8 Å². The minimum absolute atomic E-state index is 0.276. The maximum Gasteiger partial charge on any atom is 0.319 e. The topological polar surface area (TPSA) is 135 Å². The first-order valence-corrected chi connectivity index (χ1v) is 10.4. The Balaban J connectivity index is 1.44. The highest BCUT2D eigenvalue weighted by atomic mass is 16.5. The fraction of sp³-hybridized carbons (Fsp3) is 0.217. The lowest BCUT2D eigenvalue weighted by Crippen LogP contribution is -2.33. The number of nitrogens with zero attached hydrogens (tertiary/aromatic N) is 5. The molecule has 3 N–H and O–H groups in total. The monoisotopic (exact) mass is 442 g/mol. The van der Waals surface area contributed by atoms with E-state index in [1.165, 1.54) is 6.33 Å². The molecule has 0 spiro atoms. The zero-order valence-electron chi connectivity index (χ0n) is 18.1. The van der Waals surface area contributed by atoms with Crippen molar-refractivity contribution < 1.29 is 9.32 Å². The maximum atomic E-state index is 12.7. The number of amides is 2. The van der Waals surface area contributed by atoms with Crippen LogP contribution in [0.4, 0.5) is 10.5 Å². The van der Waals surface area contributed by atoms with Gasteiger partial charge in [0.25, 0.3) is 0 Å². The predicted octanol–water partition coefficient (Wildman–Crippen LogP) is 3.56. The minimum Gasteiger partial charge on any atom is -0.337 e. The summed E-state index contributed by atoms with van der Waals surface area (Å²) in [4.78, 5) is 25.3. The van der Waals surface area contributed by atoms with Gasteiger partial charge in [-0.2, -0.15) is 10.1 Å². The molecule has 4 rings (SSSR count). The Morgan fingerprint density at radius 1 is 1.15 bits per heavy atom. The molecule has 0 radical (unpaired) electrons. The SMILES string of the molecule is CC(C)CC(NC(=O)Nc1cccc(C#Cc2ccccn2)c1)c1nc(-c2ncn[nH]2)no1. The number of carbonyl (C=O) groups is 1. The number of hydrogen-bond acceptors (Lipinski definition) is 7. The van der Waals surface area contributed by atoms with Crippen molar-refractivity contribution in [1.29, 1.82) is 0 Å². The average molecular weight is 442 g/mol. The summed E-state index contributed by atoms with van der Waals surface area (Å²) < 4.78 is 5.38. The summed E-state index contributed by atoms with van der Waals surface area (Å²) in [5, 5.41) is 16.1. The van der Waals surface area contributed by atoms with Crippen LogP contribution < -0.4 is 10.6 Å². The number of pyridine rings is 1. The van der Waals surface area contributed by atoms with E-state index < -0.39 is 12.1 Å². The van der Waals surface area contributed by atoms with E-state index in [0.717, 1.165) is 5.56 Å². The second kappa shape index (κ2) is 10.2. The van der Waals surface area contributed by atoms with Gasteiger partial charge >= 0.3 is 6.03 Å². The second-order valence-corrected chi connectivity index (χ2v) is 7.62. The molecular weight excluding hydrogens is 420 g/mol. The molecule has 3 heterocycles. The molecule has 1 aromatic carbocycles. The first-order valence-electron chi connectivity index (χ1n) is 10.4. The highest BCUT2D eigenvalue weighted by Gasteiger charge is 2.23. The second-order valence-electron chi connectivity index (χ2n) is 7.62. The van der Waals surface area contributed by atoms with Gasteiger partial charge in [0.05, 0.1) is 0 Å². The molecule has 2 amide bonds. The molecule has 0 aliphatic heterocycles. The number of benzene rings is 1. The van der Waals surface area contributed by atoms with Crippen LogP contribution in [0, 0.1) is 17.8 Å². The Hall–Kier alpha value is -4.52. The zero-order chi connectivity index (χ0) is 23.0. The molecule has 10 nitrogen and oxygen atoms in total. The standard InChI is InChI=1S/C23H22N8O2/c1-15(2)12-19(22-29-21(31-33-22)20-25-14-26-30-20)28-23(32)27-18-8-5-6-16(13-18)9-10-17-7-3-4-11-24-17/h3-8,11,13-15,19H,12H2,1-2H3,(H,25,26,30)(H2,27,28,32). The van der Waals surface area contributed by atoms with Crippen molar-refractivity contribution in [1.82, 2.24) is 35.6 Å². The number of aromatic nitrogens is 6. The van der Waals surface area contributed by atoms with Crippen LogP contribution in [0.2, 0.25) is 0 Å². The van der Waals surface area contributed by atoms with E-state index in [1.807, 2.05) is 44.2 Å². The fourth-order valence-corrected chi connectivity index (χ4v) is 3.05. The molecule has 3 aromatic heterocycles. The van der Waals surface area contributed by atoms with Gasteiger partial charge in [-0.15, -0.1) is 0 Å². The van der Waals surface area contributed by atoms with Crippen molar-refractivity contribution in [2.75, 3.05) is 5.32 Å². The van der Waals surface area contributed by atoms with Crippen LogP contribution in [0.25, 0.3) is 11.6 Å². The van der Waals surface area contributed by atoms with Crippen LogP contribution in [-0.2, 0) is 0 Å². The number of anilines is 1. The third-order valence-electron chi connectivity index (χ3n) is 4.50. The van der Waals surface area contributed by atoms with E-state index in [-0.39, 0.29) is 11.7 Å². The van der Waals surface area contributed by atoms with E-state index in [4.69, 9.17) is 4.52 Å². The average Bonchev–Trinajstić information content (AvgIpc) is 3.50. The Morgan fingerprint density at radius 3 is 2.82 bits per heavy atom. The first-order chi connectivity index (χ1) is 16.1. The van der Waals surface area contributed by atoms with E-state index in [1.54, 1.807) is 18.3 Å². The molecule has 1 atom stereocenters. The Labute approximate surface area is 190 Å². The highest BCUT2D eigenvalue weighted by molar-refractivity contribution is 5.89. The van der Waals surface area contributed by atoms with Crippen LogP contribution in [0.1, 0.15) is 43.5 Å². The molecule has 10 heteroatoms. The van der Waals surface area contributed by atoms with Gasteiger partial charge in [0, 0.05) is 17.4 Å². The lowest BCUT2D eigenvalue weighted by Gasteiger charge is -2.17. The van der Waals surface area contributed by atoms with Crippen LogP contribution in [-0.4, -0.2) is 36.3 Å². The third-order valence-corrected chi connectivity index (χ3v) is 4.50. The fourth-order valence-electron chi connectivity index (χ4n) is 3.05. The molecule has 1 unspecified atom stereocenters. The summed E-state index contributed by atoms with van der Waals surface area (Å²) in [7, 11) is 0. The largest absolute Gasteiger partial charge is 0.337 e.